The molecule has 2 aliphatic rings. The zero-order valence-electron chi connectivity index (χ0n) is 13.1. The van der Waals surface area contributed by atoms with Gasteiger partial charge in [-0.05, 0) is 43.4 Å². The molecular weight excluding hydrogens is 343 g/mol. The Morgan fingerprint density at radius 1 is 1.25 bits per heavy atom. The lowest BCUT2D eigenvalue weighted by Crippen LogP contribution is -2.47. The van der Waals surface area contributed by atoms with E-state index < -0.39 is 27.1 Å². The molecule has 1 saturated heterocycles. The van der Waals surface area contributed by atoms with Crippen LogP contribution in [0.1, 0.15) is 36.8 Å². The lowest BCUT2D eigenvalue weighted by molar-refractivity contribution is -0.137. The number of carbonyl (C=O) groups is 1. The van der Waals surface area contributed by atoms with Crippen molar-refractivity contribution in [3.63, 3.8) is 0 Å². The summed E-state index contributed by atoms with van der Waals surface area (Å²) in [5.41, 5.74) is -0.757. The van der Waals surface area contributed by atoms with Gasteiger partial charge in [-0.3, -0.25) is 4.79 Å². The maximum Gasteiger partial charge on any atom is 0.416 e. The van der Waals surface area contributed by atoms with Crippen LogP contribution in [0.3, 0.4) is 0 Å². The molecule has 1 N–H and O–H groups in total. The van der Waals surface area contributed by atoms with E-state index in [4.69, 9.17) is 0 Å². The van der Waals surface area contributed by atoms with Crippen molar-refractivity contribution < 1.29 is 26.4 Å². The minimum atomic E-state index is -4.37. The Labute approximate surface area is 138 Å². The molecule has 2 fully saturated rings. The Hall–Kier alpha value is -1.57. The number of rotatable bonds is 3. The number of halogens is 3. The van der Waals surface area contributed by atoms with Gasteiger partial charge in [0.05, 0.1) is 22.6 Å². The highest BCUT2D eigenvalue weighted by Crippen LogP contribution is 2.48. The van der Waals surface area contributed by atoms with E-state index in [2.05, 4.69) is 5.32 Å². The average Bonchev–Trinajstić information content (AvgIpc) is 3.20. The van der Waals surface area contributed by atoms with Crippen molar-refractivity contribution in [2.75, 3.05) is 11.5 Å². The summed E-state index contributed by atoms with van der Waals surface area (Å²) in [6.07, 6.45) is -3.42. The first kappa shape index (κ1) is 17.3. The number of alkyl halides is 3. The minimum Gasteiger partial charge on any atom is -0.350 e. The molecule has 0 spiro atoms. The third-order valence-electron chi connectivity index (χ3n) is 4.72. The van der Waals surface area contributed by atoms with Crippen molar-refractivity contribution in [3.05, 3.63) is 35.4 Å². The van der Waals surface area contributed by atoms with E-state index in [-0.39, 0.29) is 29.2 Å². The van der Waals surface area contributed by atoms with E-state index in [0.29, 0.717) is 18.4 Å². The molecule has 8 heteroatoms. The van der Waals surface area contributed by atoms with Crippen LogP contribution in [0.5, 0.6) is 0 Å². The van der Waals surface area contributed by atoms with E-state index in [9.17, 15) is 26.4 Å². The van der Waals surface area contributed by atoms with Gasteiger partial charge in [-0.1, -0.05) is 12.1 Å². The molecule has 3 atom stereocenters. The monoisotopic (exact) mass is 361 g/mol. The maximum absolute atomic E-state index is 12.6. The SMILES string of the molecule is CC1(NC(=O)C2CC2c2ccc(C(F)(F)F)cc2)CCS(=O)(=O)C1. The van der Waals surface area contributed by atoms with Gasteiger partial charge >= 0.3 is 6.18 Å². The van der Waals surface area contributed by atoms with Crippen molar-refractivity contribution in [1.82, 2.24) is 5.32 Å². The van der Waals surface area contributed by atoms with Gasteiger partial charge in [0.2, 0.25) is 5.91 Å². The molecule has 0 bridgehead atoms. The minimum absolute atomic E-state index is 0.0661. The summed E-state index contributed by atoms with van der Waals surface area (Å²) >= 11 is 0. The molecule has 0 aromatic heterocycles. The zero-order valence-corrected chi connectivity index (χ0v) is 13.9. The Balaban J connectivity index is 1.62. The number of sulfone groups is 1. The van der Waals surface area contributed by atoms with Crippen molar-refractivity contribution in [3.8, 4) is 0 Å². The van der Waals surface area contributed by atoms with Crippen molar-refractivity contribution >= 4 is 15.7 Å². The molecule has 1 amide bonds. The number of hydrogen-bond donors (Lipinski definition) is 1. The average molecular weight is 361 g/mol. The topological polar surface area (TPSA) is 63.2 Å². The summed E-state index contributed by atoms with van der Waals surface area (Å²) in [7, 11) is -3.11. The second-order valence-corrected chi connectivity index (χ2v) is 9.14. The Bertz CT molecular complexity index is 758. The number of hydrogen-bond acceptors (Lipinski definition) is 3. The largest absolute Gasteiger partial charge is 0.416 e. The van der Waals surface area contributed by atoms with Crippen LogP contribution in [0.15, 0.2) is 24.3 Å². The normalized spacial score (nSPS) is 31.7. The molecule has 1 saturated carbocycles. The summed E-state index contributed by atoms with van der Waals surface area (Å²) in [5, 5.41) is 2.81. The lowest BCUT2D eigenvalue weighted by Gasteiger charge is -2.24. The Morgan fingerprint density at radius 2 is 1.88 bits per heavy atom. The standard InChI is InChI=1S/C16H18F3NO3S/c1-15(6-7-24(22,23)9-15)20-14(21)13-8-12(13)10-2-4-11(5-3-10)16(17,18)19/h2-5,12-13H,6-9H2,1H3,(H,20,21). The van der Waals surface area contributed by atoms with Gasteiger partial charge in [0.1, 0.15) is 0 Å². The number of benzene rings is 1. The number of amides is 1. The van der Waals surface area contributed by atoms with Gasteiger partial charge in [0.15, 0.2) is 9.84 Å². The van der Waals surface area contributed by atoms with Crippen LogP contribution in [-0.2, 0) is 20.8 Å². The van der Waals surface area contributed by atoms with Crippen LogP contribution in [0.2, 0.25) is 0 Å². The smallest absolute Gasteiger partial charge is 0.350 e. The highest BCUT2D eigenvalue weighted by Gasteiger charge is 2.47. The zero-order chi connectivity index (χ0) is 17.8. The van der Waals surface area contributed by atoms with Crippen LogP contribution in [0, 0.1) is 5.92 Å². The predicted molar refractivity (Wildman–Crippen MR) is 82.1 cm³/mol. The van der Waals surface area contributed by atoms with E-state index >= 15 is 0 Å². The van der Waals surface area contributed by atoms with Gasteiger partial charge in [-0.15, -0.1) is 0 Å². The summed E-state index contributed by atoms with van der Waals surface area (Å²) in [4.78, 5) is 12.3. The summed E-state index contributed by atoms with van der Waals surface area (Å²) in [5.74, 6) is -0.629. The first-order valence-corrected chi connectivity index (χ1v) is 9.51. The van der Waals surface area contributed by atoms with Crippen molar-refractivity contribution in [1.29, 1.82) is 0 Å². The van der Waals surface area contributed by atoms with Gasteiger partial charge in [0.25, 0.3) is 0 Å². The van der Waals surface area contributed by atoms with Crippen LogP contribution in [0.4, 0.5) is 13.2 Å². The Morgan fingerprint density at radius 3 is 2.38 bits per heavy atom. The van der Waals surface area contributed by atoms with Crippen LogP contribution >= 0.6 is 0 Å². The van der Waals surface area contributed by atoms with Gasteiger partial charge in [-0.2, -0.15) is 13.2 Å². The fraction of sp³-hybridized carbons (Fsp3) is 0.562. The first-order valence-electron chi connectivity index (χ1n) is 7.69. The molecule has 3 unspecified atom stereocenters. The molecule has 1 aliphatic heterocycles. The number of carbonyl (C=O) groups excluding carboxylic acids is 1. The second kappa shape index (κ2) is 5.47. The molecule has 1 heterocycles. The molecular formula is C16H18F3NO3S. The van der Waals surface area contributed by atoms with E-state index in [1.165, 1.54) is 12.1 Å². The first-order chi connectivity index (χ1) is 11.0. The highest BCUT2D eigenvalue weighted by molar-refractivity contribution is 7.91. The van der Waals surface area contributed by atoms with Crippen LogP contribution < -0.4 is 5.32 Å². The summed E-state index contributed by atoms with van der Waals surface area (Å²) in [6.45, 7) is 1.71. The lowest BCUT2D eigenvalue weighted by atomic mass is 10.0. The van der Waals surface area contributed by atoms with E-state index in [1.54, 1.807) is 6.92 Å². The molecule has 24 heavy (non-hydrogen) atoms. The van der Waals surface area contributed by atoms with Crippen molar-refractivity contribution in [2.24, 2.45) is 5.92 Å². The summed E-state index contributed by atoms with van der Waals surface area (Å²) in [6, 6.07) is 4.85. The quantitative estimate of drug-likeness (QED) is 0.900. The fourth-order valence-electron chi connectivity index (χ4n) is 3.27. The van der Waals surface area contributed by atoms with E-state index in [1.807, 2.05) is 0 Å². The summed E-state index contributed by atoms with van der Waals surface area (Å²) < 4.78 is 60.8. The molecule has 3 rings (SSSR count). The van der Waals surface area contributed by atoms with E-state index in [0.717, 1.165) is 12.1 Å². The molecule has 1 aliphatic carbocycles. The van der Waals surface area contributed by atoms with Crippen LogP contribution in [-0.4, -0.2) is 31.4 Å². The van der Waals surface area contributed by atoms with Crippen LogP contribution in [0.25, 0.3) is 0 Å². The van der Waals surface area contributed by atoms with Gasteiger partial charge in [0, 0.05) is 5.92 Å². The third kappa shape index (κ3) is 3.58. The highest BCUT2D eigenvalue weighted by atomic mass is 32.2. The Kier molecular flexibility index (Phi) is 3.94. The molecule has 132 valence electrons. The predicted octanol–water partition coefficient (Wildman–Crippen LogP) is 2.50. The molecule has 1 aromatic rings. The van der Waals surface area contributed by atoms with Gasteiger partial charge in [-0.25, -0.2) is 8.42 Å². The molecule has 1 aromatic carbocycles. The second-order valence-electron chi connectivity index (χ2n) is 6.96. The fourth-order valence-corrected chi connectivity index (χ4v) is 5.36. The van der Waals surface area contributed by atoms with Gasteiger partial charge < -0.3 is 5.32 Å². The molecule has 0 radical (unpaired) electrons. The van der Waals surface area contributed by atoms with Crippen molar-refractivity contribution in [2.45, 2.75) is 37.4 Å². The number of nitrogens with one attached hydrogen (secondary N) is 1. The molecule has 4 nitrogen and oxygen atoms in total. The maximum atomic E-state index is 12.6. The third-order valence-corrected chi connectivity index (χ3v) is 6.62.